The Kier molecular flexibility index (Phi) is 5.20. The second kappa shape index (κ2) is 7.48. The number of ether oxygens (including phenoxy) is 1. The van der Waals surface area contributed by atoms with Crippen molar-refractivity contribution < 1.29 is 9.53 Å². The Balaban J connectivity index is 1.67. The van der Waals surface area contributed by atoms with Gasteiger partial charge in [0.2, 0.25) is 5.88 Å². The first-order chi connectivity index (χ1) is 14.6. The molecular formula is C24H32N4O3. The molecule has 2 aromatic heterocycles. The molecule has 2 aromatic rings. The highest BCUT2D eigenvalue weighted by atomic mass is 16.5. The highest BCUT2D eigenvalue weighted by Gasteiger charge is 2.63. The predicted molar refractivity (Wildman–Crippen MR) is 120 cm³/mol. The third-order valence-corrected chi connectivity index (χ3v) is 7.04. The Morgan fingerprint density at radius 2 is 2.03 bits per heavy atom. The fourth-order valence-corrected chi connectivity index (χ4v) is 6.01. The first kappa shape index (κ1) is 21.6. The van der Waals surface area contributed by atoms with Crippen molar-refractivity contribution in [2.45, 2.75) is 27.2 Å². The van der Waals surface area contributed by atoms with E-state index in [9.17, 15) is 9.59 Å². The Morgan fingerprint density at radius 3 is 2.61 bits per heavy atom. The summed E-state index contributed by atoms with van der Waals surface area (Å²) in [5.74, 6) is 0.756. The zero-order valence-corrected chi connectivity index (χ0v) is 19.3. The van der Waals surface area contributed by atoms with Crippen molar-refractivity contribution in [3.63, 3.8) is 0 Å². The molecule has 2 aliphatic rings. The lowest BCUT2D eigenvalue weighted by molar-refractivity contribution is -0.0789. The van der Waals surface area contributed by atoms with Crippen LogP contribution in [0, 0.1) is 23.7 Å². The molecule has 0 N–H and O–H groups in total. The molecule has 7 nitrogen and oxygen atoms in total. The molecule has 0 aromatic carbocycles. The summed E-state index contributed by atoms with van der Waals surface area (Å²) < 4.78 is 6.58. The van der Waals surface area contributed by atoms with Gasteiger partial charge in [0, 0.05) is 37.3 Å². The van der Waals surface area contributed by atoms with Gasteiger partial charge in [-0.25, -0.2) is 4.98 Å². The van der Waals surface area contributed by atoms with Crippen LogP contribution in [0.15, 0.2) is 35.4 Å². The van der Waals surface area contributed by atoms with Gasteiger partial charge < -0.3 is 14.5 Å². The topological polar surface area (TPSA) is 67.7 Å². The predicted octanol–water partition coefficient (Wildman–Crippen LogP) is 2.60. The van der Waals surface area contributed by atoms with Crippen LogP contribution in [-0.4, -0.2) is 66.1 Å². The molecule has 0 radical (unpaired) electrons. The maximum atomic E-state index is 13.6. The molecule has 4 rings (SSSR count). The molecular weight excluding hydrogens is 392 g/mol. The number of carbonyl (C=O) groups excluding carboxylic acids is 1. The van der Waals surface area contributed by atoms with Crippen LogP contribution in [0.1, 0.15) is 36.2 Å². The maximum absolute atomic E-state index is 13.6. The number of aryl methyl sites for hydroxylation is 1. The van der Waals surface area contributed by atoms with Gasteiger partial charge in [0.15, 0.2) is 0 Å². The average Bonchev–Trinajstić information content (AvgIpc) is 3.02. The summed E-state index contributed by atoms with van der Waals surface area (Å²) in [5.41, 5.74) is 1.57. The van der Waals surface area contributed by atoms with Crippen molar-refractivity contribution in [3.8, 4) is 11.6 Å². The first-order valence-electron chi connectivity index (χ1n) is 10.7. The second-order valence-corrected chi connectivity index (χ2v) is 10.1. The van der Waals surface area contributed by atoms with E-state index in [4.69, 9.17) is 4.74 Å². The number of hydrogen-bond acceptors (Lipinski definition) is 5. The monoisotopic (exact) mass is 424 g/mol. The van der Waals surface area contributed by atoms with E-state index in [1.165, 1.54) is 4.57 Å². The number of amides is 1. The Bertz CT molecular complexity index is 1050. The number of pyridine rings is 2. The van der Waals surface area contributed by atoms with Crippen molar-refractivity contribution in [2.24, 2.45) is 16.7 Å². The van der Waals surface area contributed by atoms with E-state index in [-0.39, 0.29) is 27.9 Å². The molecule has 1 saturated carbocycles. The maximum Gasteiger partial charge on any atom is 0.268 e. The van der Waals surface area contributed by atoms with E-state index >= 15 is 0 Å². The molecule has 31 heavy (non-hydrogen) atoms. The summed E-state index contributed by atoms with van der Waals surface area (Å²) in [7, 11) is 5.72. The number of rotatable bonds is 5. The largest absolute Gasteiger partial charge is 0.481 e. The van der Waals surface area contributed by atoms with Gasteiger partial charge >= 0.3 is 0 Å². The first-order valence-corrected chi connectivity index (χ1v) is 10.7. The van der Waals surface area contributed by atoms with E-state index in [1.807, 2.05) is 17.9 Å². The minimum atomic E-state index is -0.308. The lowest BCUT2D eigenvalue weighted by Gasteiger charge is -2.57. The van der Waals surface area contributed by atoms with Crippen LogP contribution in [0.3, 0.4) is 0 Å². The molecule has 0 unspecified atom stereocenters. The van der Waals surface area contributed by atoms with Gasteiger partial charge in [0.25, 0.3) is 11.5 Å². The molecule has 0 bridgehead atoms. The van der Waals surface area contributed by atoms with Gasteiger partial charge in [-0.2, -0.15) is 0 Å². The molecule has 0 spiro atoms. The Labute approximate surface area is 183 Å². The highest BCUT2D eigenvalue weighted by molar-refractivity contribution is 5.95. The van der Waals surface area contributed by atoms with E-state index in [0.717, 1.165) is 13.0 Å². The summed E-state index contributed by atoms with van der Waals surface area (Å²) >= 11 is 0. The fourth-order valence-electron chi connectivity index (χ4n) is 6.01. The minimum Gasteiger partial charge on any atom is -0.481 e. The second-order valence-electron chi connectivity index (χ2n) is 10.1. The molecule has 3 heterocycles. The van der Waals surface area contributed by atoms with Gasteiger partial charge in [0.1, 0.15) is 5.56 Å². The number of aromatic nitrogens is 2. The smallest absolute Gasteiger partial charge is 0.268 e. The van der Waals surface area contributed by atoms with Crippen LogP contribution < -0.4 is 10.3 Å². The third-order valence-electron chi connectivity index (χ3n) is 7.04. The van der Waals surface area contributed by atoms with Crippen LogP contribution in [0.25, 0.3) is 5.69 Å². The summed E-state index contributed by atoms with van der Waals surface area (Å²) in [6.45, 7) is 8.78. The van der Waals surface area contributed by atoms with Gasteiger partial charge in [-0.3, -0.25) is 14.2 Å². The molecule has 2 fully saturated rings. The molecule has 166 valence electrons. The van der Waals surface area contributed by atoms with E-state index in [1.54, 1.807) is 31.6 Å². The summed E-state index contributed by atoms with van der Waals surface area (Å²) in [6.07, 6.45) is 4.37. The number of methoxy groups -OCH3 is 1. The Hall–Kier alpha value is -2.67. The quantitative estimate of drug-likeness (QED) is 0.738. The van der Waals surface area contributed by atoms with E-state index < -0.39 is 0 Å². The summed E-state index contributed by atoms with van der Waals surface area (Å²) in [5, 5.41) is 0. The zero-order valence-electron chi connectivity index (χ0n) is 19.3. The van der Waals surface area contributed by atoms with Crippen LogP contribution in [0.2, 0.25) is 0 Å². The standard InChI is InChI=1S/C24H32N4O3/c1-16-9-10-28(17-7-8-19(31-6)25-11-17)22(30)20(16)21(29)27-12-18-23(2,3)13-24(18,15-27)14-26(4)5/h7-11,18H,12-15H2,1-6H3/t18-,24+/m1/s1. The van der Waals surface area contributed by atoms with Crippen molar-refractivity contribution in [1.82, 2.24) is 19.4 Å². The van der Waals surface area contributed by atoms with Crippen molar-refractivity contribution in [3.05, 3.63) is 52.1 Å². The van der Waals surface area contributed by atoms with Crippen molar-refractivity contribution >= 4 is 5.91 Å². The normalized spacial score (nSPS) is 24.1. The van der Waals surface area contributed by atoms with Crippen molar-refractivity contribution in [1.29, 1.82) is 0 Å². The molecule has 7 heteroatoms. The van der Waals surface area contributed by atoms with Crippen LogP contribution in [-0.2, 0) is 0 Å². The molecule has 2 atom stereocenters. The summed E-state index contributed by atoms with van der Waals surface area (Å²) in [4.78, 5) is 35.3. The zero-order chi connectivity index (χ0) is 22.6. The lowest BCUT2D eigenvalue weighted by atomic mass is 9.48. The number of carbonyl (C=O) groups is 1. The van der Waals surface area contributed by atoms with Gasteiger partial charge in [0.05, 0.1) is 19.0 Å². The van der Waals surface area contributed by atoms with Crippen LogP contribution >= 0.6 is 0 Å². The fraction of sp³-hybridized carbons (Fsp3) is 0.542. The van der Waals surface area contributed by atoms with Gasteiger partial charge in [-0.15, -0.1) is 0 Å². The lowest BCUT2D eigenvalue weighted by Crippen LogP contribution is -2.57. The van der Waals surface area contributed by atoms with Crippen molar-refractivity contribution in [2.75, 3.05) is 40.8 Å². The van der Waals surface area contributed by atoms with E-state index in [0.29, 0.717) is 36.1 Å². The molecule has 1 amide bonds. The van der Waals surface area contributed by atoms with Gasteiger partial charge in [-0.05, 0) is 56.5 Å². The van der Waals surface area contributed by atoms with Crippen LogP contribution in [0.5, 0.6) is 5.88 Å². The Morgan fingerprint density at radius 1 is 1.29 bits per heavy atom. The average molecular weight is 425 g/mol. The highest BCUT2D eigenvalue weighted by Crippen LogP contribution is 2.62. The number of fused-ring (bicyclic) bond motifs is 1. The molecule has 1 saturated heterocycles. The number of hydrogen-bond donors (Lipinski definition) is 0. The van der Waals surface area contributed by atoms with E-state index in [2.05, 4.69) is 37.8 Å². The number of likely N-dealkylation sites (tertiary alicyclic amines) is 1. The molecule has 1 aliphatic carbocycles. The minimum absolute atomic E-state index is 0.115. The SMILES string of the molecule is COc1ccc(-n2ccc(C)c(C(=O)N3C[C@@H]4C(C)(C)C[C@]4(CN(C)C)C3)c2=O)cn1. The third kappa shape index (κ3) is 3.55. The summed E-state index contributed by atoms with van der Waals surface area (Å²) in [6, 6.07) is 5.29. The van der Waals surface area contributed by atoms with Gasteiger partial charge in [-0.1, -0.05) is 13.8 Å². The molecule has 1 aliphatic heterocycles. The number of nitrogens with zero attached hydrogens (tertiary/aromatic N) is 4. The van der Waals surface area contributed by atoms with Crippen LogP contribution in [0.4, 0.5) is 0 Å².